The zero-order valence-electron chi connectivity index (χ0n) is 12.1. The van der Waals surface area contributed by atoms with E-state index < -0.39 is 5.54 Å². The fourth-order valence-corrected chi connectivity index (χ4v) is 2.15. The molecule has 6 nitrogen and oxygen atoms in total. The number of hydrogen-bond donors (Lipinski definition) is 1. The minimum atomic E-state index is -0.748. The first-order valence-electron chi connectivity index (χ1n) is 6.77. The van der Waals surface area contributed by atoms with Crippen molar-refractivity contribution in [2.45, 2.75) is 58.7 Å². The molecule has 0 amide bonds. The molecule has 1 aromatic heterocycles. The molecule has 0 radical (unpaired) electrons. The number of carbonyl (C=O) groups excluding carboxylic acids is 1. The number of esters is 1. The van der Waals surface area contributed by atoms with Crippen molar-refractivity contribution in [1.82, 2.24) is 20.1 Å². The van der Waals surface area contributed by atoms with Gasteiger partial charge >= 0.3 is 5.97 Å². The second-order valence-electron chi connectivity index (χ2n) is 5.34. The molecule has 6 heteroatoms. The summed E-state index contributed by atoms with van der Waals surface area (Å²) in [6, 6.07) is 0.416. The molecule has 1 aliphatic rings. The Balaban J connectivity index is 2.16. The molecule has 0 aliphatic heterocycles. The van der Waals surface area contributed by atoms with Crippen LogP contribution in [0.5, 0.6) is 0 Å². The van der Waals surface area contributed by atoms with E-state index in [1.165, 1.54) is 0 Å². The van der Waals surface area contributed by atoms with Crippen LogP contribution in [0.3, 0.4) is 0 Å². The summed E-state index contributed by atoms with van der Waals surface area (Å²) in [5.74, 6) is 1.30. The van der Waals surface area contributed by atoms with E-state index in [0.717, 1.165) is 24.5 Å². The van der Waals surface area contributed by atoms with Crippen LogP contribution in [0.1, 0.15) is 38.3 Å². The van der Waals surface area contributed by atoms with Gasteiger partial charge in [0.05, 0.1) is 13.2 Å². The third-order valence-electron chi connectivity index (χ3n) is 3.25. The van der Waals surface area contributed by atoms with E-state index in [9.17, 15) is 4.79 Å². The molecule has 1 aromatic rings. The fraction of sp³-hybridized carbons (Fsp3) is 0.769. The maximum atomic E-state index is 12.2. The van der Waals surface area contributed by atoms with Gasteiger partial charge in [0.15, 0.2) is 0 Å². The van der Waals surface area contributed by atoms with E-state index in [1.54, 1.807) is 4.68 Å². The van der Waals surface area contributed by atoms with Crippen LogP contribution in [0.25, 0.3) is 0 Å². The number of ether oxygens (including phenoxy) is 1. The summed E-state index contributed by atoms with van der Waals surface area (Å²) < 4.78 is 6.96. The maximum absolute atomic E-state index is 12.2. The van der Waals surface area contributed by atoms with Crippen LogP contribution < -0.4 is 5.32 Å². The largest absolute Gasteiger partial charge is 0.465 e. The van der Waals surface area contributed by atoms with Gasteiger partial charge in [0.2, 0.25) is 0 Å². The SMILES string of the molecule is CCOC(=O)C(C)(Cn1nc(C)nc1C)NC1CC1. The molecule has 1 N–H and O–H groups in total. The van der Waals surface area contributed by atoms with Crippen molar-refractivity contribution in [1.29, 1.82) is 0 Å². The summed E-state index contributed by atoms with van der Waals surface area (Å²) in [5.41, 5.74) is -0.748. The summed E-state index contributed by atoms with van der Waals surface area (Å²) in [5, 5.41) is 7.70. The third-order valence-corrected chi connectivity index (χ3v) is 3.25. The summed E-state index contributed by atoms with van der Waals surface area (Å²) >= 11 is 0. The maximum Gasteiger partial charge on any atom is 0.327 e. The molecule has 1 saturated carbocycles. The highest BCUT2D eigenvalue weighted by atomic mass is 16.5. The molecule has 1 aliphatic carbocycles. The monoisotopic (exact) mass is 266 g/mol. The van der Waals surface area contributed by atoms with Gasteiger partial charge in [0.1, 0.15) is 17.2 Å². The van der Waals surface area contributed by atoms with Crippen LogP contribution in [0, 0.1) is 13.8 Å². The molecule has 19 heavy (non-hydrogen) atoms. The standard InChI is InChI=1S/C13H22N4O2/c1-5-19-12(18)13(4,15-11-6-7-11)8-17-10(3)14-9(2)16-17/h11,15H,5-8H2,1-4H3. The highest BCUT2D eigenvalue weighted by Gasteiger charge is 2.40. The van der Waals surface area contributed by atoms with Gasteiger partial charge in [0.25, 0.3) is 0 Å². The number of aromatic nitrogens is 3. The Hall–Kier alpha value is -1.43. The highest BCUT2D eigenvalue weighted by molar-refractivity contribution is 5.80. The Labute approximate surface area is 113 Å². The lowest BCUT2D eigenvalue weighted by molar-refractivity contribution is -0.151. The van der Waals surface area contributed by atoms with E-state index >= 15 is 0 Å². The summed E-state index contributed by atoms with van der Waals surface area (Å²) in [6.07, 6.45) is 2.23. The van der Waals surface area contributed by atoms with Crippen molar-refractivity contribution < 1.29 is 9.53 Å². The van der Waals surface area contributed by atoms with Gasteiger partial charge in [0, 0.05) is 6.04 Å². The predicted octanol–water partition coefficient (Wildman–Crippen LogP) is 0.969. The van der Waals surface area contributed by atoms with E-state index in [-0.39, 0.29) is 5.97 Å². The number of carbonyl (C=O) groups is 1. The van der Waals surface area contributed by atoms with Gasteiger partial charge in [-0.1, -0.05) is 0 Å². The molecule has 0 aromatic carbocycles. The lowest BCUT2D eigenvalue weighted by Crippen LogP contribution is -2.54. The van der Waals surface area contributed by atoms with E-state index in [0.29, 0.717) is 19.2 Å². The van der Waals surface area contributed by atoms with Gasteiger partial charge in [-0.2, -0.15) is 5.10 Å². The molecule has 1 heterocycles. The normalized spacial score (nSPS) is 18.1. The van der Waals surface area contributed by atoms with Gasteiger partial charge in [-0.15, -0.1) is 0 Å². The second-order valence-corrected chi connectivity index (χ2v) is 5.34. The molecule has 0 spiro atoms. The highest BCUT2D eigenvalue weighted by Crippen LogP contribution is 2.24. The third kappa shape index (κ3) is 3.32. The molecular formula is C13H22N4O2. The second kappa shape index (κ2) is 5.28. The van der Waals surface area contributed by atoms with E-state index in [2.05, 4.69) is 15.4 Å². The molecule has 1 unspecified atom stereocenters. The summed E-state index contributed by atoms with van der Waals surface area (Å²) in [6.45, 7) is 8.26. The van der Waals surface area contributed by atoms with Gasteiger partial charge in [-0.3, -0.25) is 5.32 Å². The number of nitrogens with one attached hydrogen (secondary N) is 1. The number of aryl methyl sites for hydroxylation is 2. The Bertz CT molecular complexity index is 467. The number of hydrogen-bond acceptors (Lipinski definition) is 5. The topological polar surface area (TPSA) is 69.0 Å². The number of rotatable bonds is 6. The zero-order chi connectivity index (χ0) is 14.0. The molecule has 106 valence electrons. The lowest BCUT2D eigenvalue weighted by atomic mass is 10.0. The van der Waals surface area contributed by atoms with Gasteiger partial charge in [-0.05, 0) is 40.5 Å². The Morgan fingerprint density at radius 2 is 2.21 bits per heavy atom. The lowest BCUT2D eigenvalue weighted by Gasteiger charge is -2.28. The molecule has 0 bridgehead atoms. The molecule has 1 atom stereocenters. The number of nitrogens with zero attached hydrogens (tertiary/aromatic N) is 3. The van der Waals surface area contributed by atoms with Gasteiger partial charge in [-0.25, -0.2) is 14.5 Å². The van der Waals surface area contributed by atoms with Crippen molar-refractivity contribution in [3.05, 3.63) is 11.6 Å². The van der Waals surface area contributed by atoms with Crippen LogP contribution in [0.15, 0.2) is 0 Å². The van der Waals surface area contributed by atoms with Crippen molar-refractivity contribution in [3.63, 3.8) is 0 Å². The quantitative estimate of drug-likeness (QED) is 0.777. The summed E-state index contributed by atoms with van der Waals surface area (Å²) in [4.78, 5) is 16.5. The van der Waals surface area contributed by atoms with Crippen LogP contribution in [-0.4, -0.2) is 38.9 Å². The van der Waals surface area contributed by atoms with Crippen LogP contribution >= 0.6 is 0 Å². The van der Waals surface area contributed by atoms with E-state index in [1.807, 2.05) is 27.7 Å². The van der Waals surface area contributed by atoms with E-state index in [4.69, 9.17) is 4.74 Å². The average Bonchev–Trinajstić information content (AvgIpc) is 3.06. The van der Waals surface area contributed by atoms with Crippen molar-refractivity contribution in [2.24, 2.45) is 0 Å². The molecular weight excluding hydrogens is 244 g/mol. The first-order valence-corrected chi connectivity index (χ1v) is 6.77. The van der Waals surface area contributed by atoms with Crippen molar-refractivity contribution in [2.75, 3.05) is 6.61 Å². The molecule has 2 rings (SSSR count). The van der Waals surface area contributed by atoms with Crippen molar-refractivity contribution in [3.8, 4) is 0 Å². The summed E-state index contributed by atoms with van der Waals surface area (Å²) in [7, 11) is 0. The fourth-order valence-electron chi connectivity index (χ4n) is 2.15. The minimum absolute atomic E-state index is 0.227. The zero-order valence-corrected chi connectivity index (χ0v) is 12.1. The minimum Gasteiger partial charge on any atom is -0.465 e. The Morgan fingerprint density at radius 3 is 2.68 bits per heavy atom. The predicted molar refractivity (Wildman–Crippen MR) is 70.7 cm³/mol. The first kappa shape index (κ1) is 14.0. The average molecular weight is 266 g/mol. The van der Waals surface area contributed by atoms with Crippen LogP contribution in [0.4, 0.5) is 0 Å². The van der Waals surface area contributed by atoms with Gasteiger partial charge < -0.3 is 4.74 Å². The molecule has 0 saturated heterocycles. The smallest absolute Gasteiger partial charge is 0.327 e. The Kier molecular flexibility index (Phi) is 3.89. The van der Waals surface area contributed by atoms with Crippen LogP contribution in [-0.2, 0) is 16.1 Å². The molecule has 1 fully saturated rings. The Morgan fingerprint density at radius 1 is 1.53 bits per heavy atom. The van der Waals surface area contributed by atoms with Crippen LogP contribution in [0.2, 0.25) is 0 Å². The first-order chi connectivity index (χ1) is 8.94. The van der Waals surface area contributed by atoms with Crippen molar-refractivity contribution >= 4 is 5.97 Å².